The van der Waals surface area contributed by atoms with Crippen LogP contribution in [0.1, 0.15) is 11.1 Å². The maximum atomic E-state index is 13.3. The highest BCUT2D eigenvalue weighted by molar-refractivity contribution is 7.89. The number of benzene rings is 2. The molecule has 3 rings (SSSR count). The van der Waals surface area contributed by atoms with E-state index in [1.165, 1.54) is 8.61 Å². The Balaban J connectivity index is 1.91. The number of sulfonamides is 2. The first-order chi connectivity index (χ1) is 15.1. The van der Waals surface area contributed by atoms with E-state index in [-0.39, 0.29) is 42.6 Å². The topological polar surface area (TPSA) is 98.2 Å². The summed E-state index contributed by atoms with van der Waals surface area (Å²) in [4.78, 5) is 2.26. The third-order valence-corrected chi connectivity index (χ3v) is 9.49. The van der Waals surface area contributed by atoms with Crippen molar-refractivity contribution in [1.82, 2.24) is 13.5 Å². The molecule has 2 aromatic carbocycles. The number of hydrogen-bond acceptors (Lipinski definition) is 6. The zero-order valence-corrected chi connectivity index (χ0v) is 20.1. The molecule has 0 amide bonds. The standard InChI is InChI=1S/C22H31N3O5S2/c1-19-3-7-21(8-4-19)31(27,28)24-13-11-23(17-18-26)12-14-25(16-15-24)32(29,30)22-9-5-20(2)6-10-22/h3-10,26H,11-18H2,1-2H3. The lowest BCUT2D eigenvalue weighted by Crippen LogP contribution is -2.41. The Morgan fingerprint density at radius 1 is 0.656 bits per heavy atom. The smallest absolute Gasteiger partial charge is 0.243 e. The zero-order valence-electron chi connectivity index (χ0n) is 18.5. The summed E-state index contributed by atoms with van der Waals surface area (Å²) in [6.45, 7) is 5.38. The van der Waals surface area contributed by atoms with Crippen LogP contribution in [0.2, 0.25) is 0 Å². The molecular formula is C22H31N3O5S2. The summed E-state index contributed by atoms with van der Waals surface area (Å²) in [5, 5.41) is 9.41. The van der Waals surface area contributed by atoms with E-state index in [4.69, 9.17) is 0 Å². The second kappa shape index (κ2) is 10.4. The third kappa shape index (κ3) is 5.75. The van der Waals surface area contributed by atoms with Gasteiger partial charge in [-0.3, -0.25) is 4.90 Å². The Labute approximate surface area is 191 Å². The molecule has 0 aromatic heterocycles. The highest BCUT2D eigenvalue weighted by atomic mass is 32.2. The van der Waals surface area contributed by atoms with E-state index in [1.54, 1.807) is 48.5 Å². The molecule has 0 saturated carbocycles. The average molecular weight is 482 g/mol. The molecule has 0 atom stereocenters. The van der Waals surface area contributed by atoms with Crippen molar-refractivity contribution in [3.63, 3.8) is 0 Å². The number of rotatable bonds is 6. The van der Waals surface area contributed by atoms with Gasteiger partial charge in [-0.25, -0.2) is 16.8 Å². The van der Waals surface area contributed by atoms with Crippen molar-refractivity contribution in [2.75, 3.05) is 52.4 Å². The van der Waals surface area contributed by atoms with Crippen molar-refractivity contribution in [3.8, 4) is 0 Å². The lowest BCUT2D eigenvalue weighted by Gasteiger charge is -2.25. The Bertz CT molecular complexity index is 1010. The SMILES string of the molecule is Cc1ccc(S(=O)(=O)N2CCN(CCO)CCN(S(=O)(=O)c3ccc(C)cc3)CC2)cc1. The van der Waals surface area contributed by atoms with Crippen LogP contribution in [0.15, 0.2) is 58.3 Å². The van der Waals surface area contributed by atoms with Crippen LogP contribution in [-0.4, -0.2) is 87.9 Å². The number of nitrogens with zero attached hydrogens (tertiary/aromatic N) is 3. The fraction of sp³-hybridized carbons (Fsp3) is 0.455. The third-order valence-electron chi connectivity index (χ3n) is 5.66. The fourth-order valence-electron chi connectivity index (χ4n) is 3.63. The van der Waals surface area contributed by atoms with Gasteiger partial charge in [0.05, 0.1) is 16.4 Å². The minimum atomic E-state index is -3.79. The van der Waals surface area contributed by atoms with E-state index in [0.29, 0.717) is 19.6 Å². The molecular weight excluding hydrogens is 450 g/mol. The lowest BCUT2D eigenvalue weighted by atomic mass is 10.2. The molecule has 1 aliphatic rings. The Morgan fingerprint density at radius 2 is 1.00 bits per heavy atom. The van der Waals surface area contributed by atoms with Crippen LogP contribution in [-0.2, 0) is 20.0 Å². The molecule has 1 fully saturated rings. The molecule has 0 bridgehead atoms. The van der Waals surface area contributed by atoms with Gasteiger partial charge >= 0.3 is 0 Å². The first-order valence-electron chi connectivity index (χ1n) is 10.6. The molecule has 0 aliphatic carbocycles. The lowest BCUT2D eigenvalue weighted by molar-refractivity contribution is 0.189. The molecule has 1 N–H and O–H groups in total. The van der Waals surface area contributed by atoms with Crippen molar-refractivity contribution in [1.29, 1.82) is 0 Å². The van der Waals surface area contributed by atoms with Crippen LogP contribution in [0.25, 0.3) is 0 Å². The van der Waals surface area contributed by atoms with Gasteiger partial charge in [-0.1, -0.05) is 35.4 Å². The molecule has 1 saturated heterocycles. The second-order valence-electron chi connectivity index (χ2n) is 8.00. The van der Waals surface area contributed by atoms with Crippen LogP contribution >= 0.6 is 0 Å². The normalized spacial score (nSPS) is 18.1. The second-order valence-corrected chi connectivity index (χ2v) is 11.9. The summed E-state index contributed by atoms with van der Waals surface area (Å²) < 4.78 is 55.9. The number of aryl methyl sites for hydroxylation is 2. The van der Waals surface area contributed by atoms with Gasteiger partial charge in [-0.05, 0) is 38.1 Å². The van der Waals surface area contributed by atoms with E-state index in [2.05, 4.69) is 0 Å². The van der Waals surface area contributed by atoms with E-state index < -0.39 is 20.0 Å². The first-order valence-corrected chi connectivity index (χ1v) is 13.5. The van der Waals surface area contributed by atoms with E-state index in [9.17, 15) is 21.9 Å². The largest absolute Gasteiger partial charge is 0.395 e. The maximum Gasteiger partial charge on any atom is 0.243 e. The van der Waals surface area contributed by atoms with Gasteiger partial charge < -0.3 is 5.11 Å². The molecule has 8 nitrogen and oxygen atoms in total. The molecule has 2 aromatic rings. The quantitative estimate of drug-likeness (QED) is 0.668. The number of aliphatic hydroxyl groups is 1. The van der Waals surface area contributed by atoms with Crippen LogP contribution in [0, 0.1) is 13.8 Å². The van der Waals surface area contributed by atoms with Crippen molar-refractivity contribution in [2.24, 2.45) is 0 Å². The van der Waals surface area contributed by atoms with E-state index in [0.717, 1.165) is 11.1 Å². The molecule has 176 valence electrons. The number of hydrogen-bond donors (Lipinski definition) is 1. The van der Waals surface area contributed by atoms with Gasteiger partial charge in [-0.2, -0.15) is 8.61 Å². The minimum Gasteiger partial charge on any atom is -0.395 e. The number of β-amino-alcohol motifs (C(OH)–C–C–N with tert-alkyl or cyclic N) is 1. The van der Waals surface area contributed by atoms with Gasteiger partial charge in [0.2, 0.25) is 20.0 Å². The van der Waals surface area contributed by atoms with Crippen LogP contribution in [0.4, 0.5) is 0 Å². The summed E-state index contributed by atoms with van der Waals surface area (Å²) in [6, 6.07) is 13.3. The highest BCUT2D eigenvalue weighted by Gasteiger charge is 2.31. The molecule has 1 heterocycles. The van der Waals surface area contributed by atoms with Crippen LogP contribution in [0.5, 0.6) is 0 Å². The number of aliphatic hydroxyl groups excluding tert-OH is 1. The fourth-order valence-corrected chi connectivity index (χ4v) is 6.47. The van der Waals surface area contributed by atoms with Crippen molar-refractivity contribution < 1.29 is 21.9 Å². The summed E-state index contributed by atoms with van der Waals surface area (Å²) >= 11 is 0. The predicted molar refractivity (Wildman–Crippen MR) is 123 cm³/mol. The van der Waals surface area contributed by atoms with Gasteiger partial charge in [0.1, 0.15) is 0 Å². The first kappa shape index (κ1) is 24.8. The Kier molecular flexibility index (Phi) is 8.07. The highest BCUT2D eigenvalue weighted by Crippen LogP contribution is 2.20. The summed E-state index contributed by atoms with van der Waals surface area (Å²) in [5.41, 5.74) is 1.91. The van der Waals surface area contributed by atoms with Crippen molar-refractivity contribution in [3.05, 3.63) is 59.7 Å². The molecule has 0 unspecified atom stereocenters. The Hall–Kier alpha value is -1.82. The molecule has 10 heteroatoms. The van der Waals surface area contributed by atoms with Gasteiger partial charge in [0.15, 0.2) is 0 Å². The molecule has 0 radical (unpaired) electrons. The van der Waals surface area contributed by atoms with Crippen LogP contribution < -0.4 is 0 Å². The van der Waals surface area contributed by atoms with E-state index in [1.807, 2.05) is 18.7 Å². The van der Waals surface area contributed by atoms with Gasteiger partial charge in [0, 0.05) is 45.8 Å². The zero-order chi connectivity index (χ0) is 23.4. The molecule has 1 aliphatic heterocycles. The van der Waals surface area contributed by atoms with Crippen LogP contribution in [0.3, 0.4) is 0 Å². The minimum absolute atomic E-state index is 0.0499. The maximum absolute atomic E-state index is 13.3. The summed E-state index contributed by atoms with van der Waals surface area (Å²) in [5.74, 6) is 0. The Morgan fingerprint density at radius 3 is 1.34 bits per heavy atom. The monoisotopic (exact) mass is 481 g/mol. The van der Waals surface area contributed by atoms with Gasteiger partial charge in [0.25, 0.3) is 0 Å². The molecule has 32 heavy (non-hydrogen) atoms. The van der Waals surface area contributed by atoms with E-state index >= 15 is 0 Å². The van der Waals surface area contributed by atoms with Gasteiger partial charge in [-0.15, -0.1) is 0 Å². The van der Waals surface area contributed by atoms with Crippen molar-refractivity contribution in [2.45, 2.75) is 23.6 Å². The average Bonchev–Trinajstić information content (AvgIpc) is 2.86. The summed E-state index contributed by atoms with van der Waals surface area (Å²) in [7, 11) is -7.58. The molecule has 0 spiro atoms. The van der Waals surface area contributed by atoms with Crippen molar-refractivity contribution >= 4 is 20.0 Å². The summed E-state index contributed by atoms with van der Waals surface area (Å²) in [6.07, 6.45) is 0. The predicted octanol–water partition coefficient (Wildman–Crippen LogP) is 1.29.